The lowest BCUT2D eigenvalue weighted by atomic mass is 10.1. The van der Waals surface area contributed by atoms with E-state index in [9.17, 15) is 4.79 Å². The van der Waals surface area contributed by atoms with Crippen molar-refractivity contribution >= 4 is 5.97 Å². The normalized spacial score (nSPS) is 13.3. The maximum Gasteiger partial charge on any atom is 0.334 e. The number of ether oxygens (including phenoxy) is 1. The van der Waals surface area contributed by atoms with Gasteiger partial charge in [0.1, 0.15) is 0 Å². The molecule has 0 amide bonds. The maximum atomic E-state index is 10.6. The van der Waals surface area contributed by atoms with Crippen molar-refractivity contribution in [2.45, 2.75) is 26.4 Å². The first kappa shape index (κ1) is 9.43. The third-order valence-electron chi connectivity index (χ3n) is 1.17. The summed E-state index contributed by atoms with van der Waals surface area (Å²) in [7, 11) is 1.27. The van der Waals surface area contributed by atoms with Gasteiger partial charge in [-0.15, -0.1) is 0 Å². The molecule has 1 atom stereocenters. The van der Waals surface area contributed by atoms with E-state index in [0.29, 0.717) is 12.3 Å². The zero-order valence-corrected chi connectivity index (χ0v) is 6.63. The predicted molar refractivity (Wildman–Crippen MR) is 37.5 cm³/mol. The largest absolute Gasteiger partial charge is 0.467 e. The van der Waals surface area contributed by atoms with Crippen LogP contribution < -0.4 is 0 Å². The number of aliphatic hydroxyl groups excluding tert-OH is 1. The Morgan fingerprint density at radius 2 is 2.10 bits per heavy atom. The lowest BCUT2D eigenvalue weighted by Crippen LogP contribution is -2.23. The quantitative estimate of drug-likeness (QED) is 0.592. The van der Waals surface area contributed by atoms with E-state index in [-0.39, 0.29) is 0 Å². The van der Waals surface area contributed by atoms with Crippen LogP contribution >= 0.6 is 0 Å². The fraction of sp³-hybridized carbons (Fsp3) is 0.857. The van der Waals surface area contributed by atoms with Gasteiger partial charge >= 0.3 is 5.97 Å². The SMILES string of the molecule is COC(=O)[C@H](O)CC(C)C. The summed E-state index contributed by atoms with van der Waals surface area (Å²) in [6.45, 7) is 3.87. The van der Waals surface area contributed by atoms with Crippen LogP contribution in [0.2, 0.25) is 0 Å². The second-order valence-corrected chi connectivity index (χ2v) is 2.67. The summed E-state index contributed by atoms with van der Waals surface area (Å²) in [5.74, 6) is -0.234. The smallest absolute Gasteiger partial charge is 0.334 e. The van der Waals surface area contributed by atoms with E-state index in [0.717, 1.165) is 0 Å². The minimum atomic E-state index is -0.954. The Morgan fingerprint density at radius 3 is 2.40 bits per heavy atom. The van der Waals surface area contributed by atoms with Crippen LogP contribution in [-0.4, -0.2) is 24.3 Å². The highest BCUT2D eigenvalue weighted by Crippen LogP contribution is 2.04. The van der Waals surface area contributed by atoms with Crippen LogP contribution in [0.5, 0.6) is 0 Å². The average Bonchev–Trinajstić information content (AvgIpc) is 1.85. The summed E-state index contributed by atoms with van der Waals surface area (Å²) >= 11 is 0. The summed E-state index contributed by atoms with van der Waals surface area (Å²) in [5, 5.41) is 9.01. The van der Waals surface area contributed by atoms with Crippen LogP contribution in [0, 0.1) is 5.92 Å². The zero-order valence-electron chi connectivity index (χ0n) is 6.63. The molecule has 0 saturated heterocycles. The molecule has 0 aliphatic rings. The second-order valence-electron chi connectivity index (χ2n) is 2.67. The van der Waals surface area contributed by atoms with Gasteiger partial charge in [-0.3, -0.25) is 0 Å². The molecule has 0 saturated carbocycles. The van der Waals surface area contributed by atoms with E-state index in [1.165, 1.54) is 7.11 Å². The summed E-state index contributed by atoms with van der Waals surface area (Å²) in [5.41, 5.74) is 0. The van der Waals surface area contributed by atoms with Gasteiger partial charge in [-0.25, -0.2) is 4.79 Å². The average molecular weight is 146 g/mol. The summed E-state index contributed by atoms with van der Waals surface area (Å²) in [6, 6.07) is 0. The fourth-order valence-electron chi connectivity index (χ4n) is 0.679. The van der Waals surface area contributed by atoms with Crippen LogP contribution in [0.4, 0.5) is 0 Å². The first-order valence-electron chi connectivity index (χ1n) is 3.33. The molecule has 60 valence electrons. The van der Waals surface area contributed by atoms with Gasteiger partial charge < -0.3 is 9.84 Å². The highest BCUT2D eigenvalue weighted by atomic mass is 16.5. The van der Waals surface area contributed by atoms with E-state index in [1.54, 1.807) is 0 Å². The van der Waals surface area contributed by atoms with E-state index < -0.39 is 12.1 Å². The number of rotatable bonds is 3. The Kier molecular flexibility index (Phi) is 4.03. The lowest BCUT2D eigenvalue weighted by molar-refractivity contribution is -0.151. The number of carbonyl (C=O) groups is 1. The third-order valence-corrected chi connectivity index (χ3v) is 1.17. The molecule has 0 spiro atoms. The van der Waals surface area contributed by atoms with Crippen molar-refractivity contribution in [1.82, 2.24) is 0 Å². The van der Waals surface area contributed by atoms with Crippen molar-refractivity contribution in [3.05, 3.63) is 0 Å². The van der Waals surface area contributed by atoms with Gasteiger partial charge in [-0.1, -0.05) is 13.8 Å². The molecule has 0 unspecified atom stereocenters. The van der Waals surface area contributed by atoms with Gasteiger partial charge in [0.2, 0.25) is 0 Å². The van der Waals surface area contributed by atoms with Gasteiger partial charge in [0.25, 0.3) is 0 Å². The zero-order chi connectivity index (χ0) is 8.15. The molecule has 0 aromatic carbocycles. The highest BCUT2D eigenvalue weighted by Gasteiger charge is 2.15. The molecule has 0 aliphatic carbocycles. The highest BCUT2D eigenvalue weighted by molar-refractivity contribution is 5.74. The molecule has 0 heterocycles. The van der Waals surface area contributed by atoms with Gasteiger partial charge in [-0.05, 0) is 12.3 Å². The molecule has 0 aliphatic heterocycles. The monoisotopic (exact) mass is 146 g/mol. The summed E-state index contributed by atoms with van der Waals surface area (Å²) in [4.78, 5) is 10.6. The van der Waals surface area contributed by atoms with Crippen molar-refractivity contribution in [2.24, 2.45) is 5.92 Å². The molecule has 0 fully saturated rings. The van der Waals surface area contributed by atoms with E-state index in [4.69, 9.17) is 5.11 Å². The Hall–Kier alpha value is -0.570. The summed E-state index contributed by atoms with van der Waals surface area (Å²) in [6.07, 6.45) is -0.489. The molecule has 0 rings (SSSR count). The van der Waals surface area contributed by atoms with Crippen molar-refractivity contribution < 1.29 is 14.6 Å². The maximum absolute atomic E-state index is 10.6. The van der Waals surface area contributed by atoms with Crippen LogP contribution in [0.25, 0.3) is 0 Å². The molecule has 3 nitrogen and oxygen atoms in total. The minimum Gasteiger partial charge on any atom is -0.467 e. The summed E-state index contributed by atoms with van der Waals surface area (Å²) < 4.78 is 4.32. The molecule has 0 aromatic rings. The minimum absolute atomic E-state index is 0.314. The number of aliphatic hydroxyl groups is 1. The number of carbonyl (C=O) groups excluding carboxylic acids is 1. The molecule has 0 radical (unpaired) electrons. The number of hydrogen-bond donors (Lipinski definition) is 1. The van der Waals surface area contributed by atoms with E-state index in [1.807, 2.05) is 13.8 Å². The van der Waals surface area contributed by atoms with Crippen LogP contribution in [0.15, 0.2) is 0 Å². The Labute approximate surface area is 61.0 Å². The predicted octanol–water partition coefficient (Wildman–Crippen LogP) is 0.566. The fourth-order valence-corrected chi connectivity index (χ4v) is 0.679. The van der Waals surface area contributed by atoms with Crippen molar-refractivity contribution in [3.8, 4) is 0 Å². The standard InChI is InChI=1S/C7H14O3/c1-5(2)4-6(8)7(9)10-3/h5-6,8H,4H2,1-3H3/t6-/m1/s1. The van der Waals surface area contributed by atoms with E-state index in [2.05, 4.69) is 4.74 Å². The molecule has 10 heavy (non-hydrogen) atoms. The number of hydrogen-bond acceptors (Lipinski definition) is 3. The van der Waals surface area contributed by atoms with E-state index >= 15 is 0 Å². The third kappa shape index (κ3) is 3.45. The molecule has 3 heteroatoms. The van der Waals surface area contributed by atoms with Crippen LogP contribution in [0.3, 0.4) is 0 Å². The lowest BCUT2D eigenvalue weighted by Gasteiger charge is -2.09. The molecule has 0 bridgehead atoms. The topological polar surface area (TPSA) is 46.5 Å². The van der Waals surface area contributed by atoms with Gasteiger partial charge in [-0.2, -0.15) is 0 Å². The molecule has 1 N–H and O–H groups in total. The Bertz CT molecular complexity index is 109. The van der Waals surface area contributed by atoms with Crippen molar-refractivity contribution in [1.29, 1.82) is 0 Å². The number of methoxy groups -OCH3 is 1. The van der Waals surface area contributed by atoms with Gasteiger partial charge in [0.15, 0.2) is 6.10 Å². The Balaban J connectivity index is 3.61. The first-order chi connectivity index (χ1) is 4.57. The Morgan fingerprint density at radius 1 is 1.60 bits per heavy atom. The van der Waals surface area contributed by atoms with Gasteiger partial charge in [0, 0.05) is 0 Å². The first-order valence-corrected chi connectivity index (χ1v) is 3.33. The van der Waals surface area contributed by atoms with Crippen molar-refractivity contribution in [3.63, 3.8) is 0 Å². The number of esters is 1. The molecular formula is C7H14O3. The second kappa shape index (κ2) is 4.28. The van der Waals surface area contributed by atoms with Gasteiger partial charge in [0.05, 0.1) is 7.11 Å². The van der Waals surface area contributed by atoms with Crippen LogP contribution in [0.1, 0.15) is 20.3 Å². The molecule has 0 aromatic heterocycles. The van der Waals surface area contributed by atoms with Crippen molar-refractivity contribution in [2.75, 3.05) is 7.11 Å². The molecular weight excluding hydrogens is 132 g/mol. The van der Waals surface area contributed by atoms with Crippen LogP contribution in [-0.2, 0) is 9.53 Å².